The second-order valence-corrected chi connectivity index (χ2v) is 7.76. The zero-order valence-electron chi connectivity index (χ0n) is 13.6. The molecule has 0 fully saturated rings. The third-order valence-electron chi connectivity index (χ3n) is 4.25. The van der Waals surface area contributed by atoms with E-state index >= 15 is 0 Å². The lowest BCUT2D eigenvalue weighted by atomic mass is 10.2. The maximum atomic E-state index is 12.8. The van der Waals surface area contributed by atoms with Gasteiger partial charge in [0.1, 0.15) is 16.1 Å². The molecule has 5 rings (SSSR count). The van der Waals surface area contributed by atoms with Crippen LogP contribution in [0.4, 0.5) is 0 Å². The summed E-state index contributed by atoms with van der Waals surface area (Å²) >= 11 is 13.8. The highest BCUT2D eigenvalue weighted by molar-refractivity contribution is 7.15. The Morgan fingerprint density at radius 1 is 1.00 bits per heavy atom. The molecule has 3 heterocycles. The van der Waals surface area contributed by atoms with Crippen molar-refractivity contribution in [1.29, 1.82) is 0 Å². The van der Waals surface area contributed by atoms with E-state index in [9.17, 15) is 4.79 Å². The molecule has 2 aromatic carbocycles. The van der Waals surface area contributed by atoms with Crippen molar-refractivity contribution in [3.05, 3.63) is 85.3 Å². The van der Waals surface area contributed by atoms with Crippen LogP contribution in [-0.2, 0) is 0 Å². The van der Waals surface area contributed by atoms with Crippen LogP contribution in [0.2, 0.25) is 10.0 Å². The van der Waals surface area contributed by atoms with Crippen LogP contribution in [0.25, 0.3) is 33.4 Å². The zero-order valence-corrected chi connectivity index (χ0v) is 16.0. The van der Waals surface area contributed by atoms with Gasteiger partial charge in [0, 0.05) is 6.08 Å². The van der Waals surface area contributed by atoms with E-state index in [0.717, 1.165) is 11.0 Å². The number of para-hydroxylation sites is 2. The number of hydrogen-bond acceptors (Lipinski definition) is 4. The van der Waals surface area contributed by atoms with Gasteiger partial charge in [-0.3, -0.25) is 4.79 Å². The summed E-state index contributed by atoms with van der Waals surface area (Å²) in [5.41, 5.74) is 2.13. The van der Waals surface area contributed by atoms with Crippen LogP contribution < -0.4 is 10.1 Å². The lowest BCUT2D eigenvalue weighted by Crippen LogP contribution is -2.22. The van der Waals surface area contributed by atoms with E-state index in [1.165, 1.54) is 11.3 Å². The van der Waals surface area contributed by atoms with Gasteiger partial charge >= 0.3 is 0 Å². The first-order valence-electron chi connectivity index (χ1n) is 8.08. The van der Waals surface area contributed by atoms with Crippen molar-refractivity contribution < 1.29 is 4.42 Å². The number of furan rings is 1. The van der Waals surface area contributed by atoms with Gasteiger partial charge < -0.3 is 4.42 Å². The first-order valence-corrected chi connectivity index (χ1v) is 9.65. The smallest absolute Gasteiger partial charge is 0.275 e. The minimum absolute atomic E-state index is 0.113. The molecule has 0 N–H and O–H groups in total. The summed E-state index contributed by atoms with van der Waals surface area (Å²) in [6.07, 6.45) is 1.71. The van der Waals surface area contributed by atoms with Crippen molar-refractivity contribution in [3.8, 4) is 11.3 Å². The van der Waals surface area contributed by atoms with E-state index < -0.39 is 0 Å². The summed E-state index contributed by atoms with van der Waals surface area (Å²) in [4.78, 5) is 18.0. The lowest BCUT2D eigenvalue weighted by molar-refractivity contribution is 0.571. The summed E-state index contributed by atoms with van der Waals surface area (Å²) in [5.74, 6) is 1.10. The summed E-state index contributed by atoms with van der Waals surface area (Å²) in [6, 6.07) is 16.4. The van der Waals surface area contributed by atoms with Gasteiger partial charge in [0.05, 0.1) is 26.6 Å². The number of halogens is 2. The van der Waals surface area contributed by atoms with Gasteiger partial charge in [-0.25, -0.2) is 9.38 Å². The van der Waals surface area contributed by atoms with Crippen LogP contribution in [0.5, 0.6) is 0 Å². The molecule has 0 amide bonds. The van der Waals surface area contributed by atoms with Crippen molar-refractivity contribution in [2.24, 2.45) is 0 Å². The molecule has 0 aliphatic rings. The Bertz CT molecular complexity index is 1410. The van der Waals surface area contributed by atoms with Gasteiger partial charge in [-0.1, -0.05) is 52.7 Å². The number of imidazole rings is 1. The Kier molecular flexibility index (Phi) is 3.82. The van der Waals surface area contributed by atoms with Crippen LogP contribution in [0.15, 0.2) is 63.8 Å². The third-order valence-corrected chi connectivity index (χ3v) is 5.85. The van der Waals surface area contributed by atoms with Gasteiger partial charge in [-0.05, 0) is 36.4 Å². The molecule has 0 saturated carbocycles. The predicted octanol–water partition coefficient (Wildman–Crippen LogP) is 5.02. The number of fused-ring (bicyclic) bond motifs is 3. The highest BCUT2D eigenvalue weighted by Crippen LogP contribution is 2.35. The minimum atomic E-state index is -0.113. The Balaban J connectivity index is 1.65. The van der Waals surface area contributed by atoms with E-state index in [1.807, 2.05) is 24.3 Å². The quantitative estimate of drug-likeness (QED) is 0.408. The molecule has 0 aliphatic heterocycles. The van der Waals surface area contributed by atoms with Crippen molar-refractivity contribution in [2.75, 3.05) is 0 Å². The summed E-state index contributed by atoms with van der Waals surface area (Å²) < 4.78 is 8.04. The van der Waals surface area contributed by atoms with Gasteiger partial charge in [-0.15, -0.1) is 0 Å². The van der Waals surface area contributed by atoms with E-state index in [0.29, 0.717) is 36.6 Å². The molecule has 132 valence electrons. The number of nitrogens with zero attached hydrogens (tertiary/aromatic N) is 2. The minimum Gasteiger partial charge on any atom is -0.457 e. The number of hydrogen-bond donors (Lipinski definition) is 0. The largest absolute Gasteiger partial charge is 0.457 e. The van der Waals surface area contributed by atoms with Crippen molar-refractivity contribution in [3.63, 3.8) is 0 Å². The average Bonchev–Trinajstić information content (AvgIpc) is 3.31. The summed E-state index contributed by atoms with van der Waals surface area (Å²) in [5, 5.41) is 1.02. The SMILES string of the molecule is O=c1/c(=C/c2ccc(-c3c(Cl)cccc3Cl)o2)sc2nc3ccccc3n12. The Morgan fingerprint density at radius 3 is 2.59 bits per heavy atom. The van der Waals surface area contributed by atoms with Crippen molar-refractivity contribution >= 4 is 56.6 Å². The Hall–Kier alpha value is -2.60. The lowest BCUT2D eigenvalue weighted by Gasteiger charge is -2.02. The second kappa shape index (κ2) is 6.23. The number of benzene rings is 2. The summed E-state index contributed by atoms with van der Waals surface area (Å²) in [7, 11) is 0. The molecule has 0 saturated heterocycles. The molecule has 0 spiro atoms. The first-order chi connectivity index (χ1) is 13.1. The van der Waals surface area contributed by atoms with Crippen LogP contribution in [0.1, 0.15) is 5.76 Å². The molecule has 0 radical (unpaired) electrons. The van der Waals surface area contributed by atoms with Crippen LogP contribution in [0.3, 0.4) is 0 Å². The highest BCUT2D eigenvalue weighted by atomic mass is 35.5. The standard InChI is InChI=1S/C20H10Cl2N2O2S/c21-12-4-3-5-13(22)18(12)16-9-8-11(26-16)10-17-19(25)24-15-7-2-1-6-14(15)23-20(24)27-17/h1-10H/b17-10-. The maximum Gasteiger partial charge on any atom is 0.275 e. The van der Waals surface area contributed by atoms with E-state index in [4.69, 9.17) is 27.6 Å². The number of aromatic nitrogens is 2. The Morgan fingerprint density at radius 2 is 1.78 bits per heavy atom. The molecule has 0 bridgehead atoms. The van der Waals surface area contributed by atoms with Gasteiger partial charge in [-0.2, -0.15) is 0 Å². The topological polar surface area (TPSA) is 47.5 Å². The number of thiazole rings is 1. The maximum absolute atomic E-state index is 12.8. The van der Waals surface area contributed by atoms with Crippen LogP contribution >= 0.6 is 34.5 Å². The average molecular weight is 413 g/mol. The fourth-order valence-electron chi connectivity index (χ4n) is 3.04. The molecular weight excluding hydrogens is 403 g/mol. The van der Waals surface area contributed by atoms with E-state index in [-0.39, 0.29) is 5.56 Å². The van der Waals surface area contributed by atoms with E-state index in [2.05, 4.69) is 4.98 Å². The van der Waals surface area contributed by atoms with Gasteiger partial charge in [0.25, 0.3) is 5.56 Å². The van der Waals surface area contributed by atoms with Crippen molar-refractivity contribution in [1.82, 2.24) is 9.38 Å². The first kappa shape index (κ1) is 16.6. The fraction of sp³-hybridized carbons (Fsp3) is 0. The van der Waals surface area contributed by atoms with Crippen LogP contribution in [0, 0.1) is 0 Å². The fourth-order valence-corrected chi connectivity index (χ4v) is 4.59. The summed E-state index contributed by atoms with van der Waals surface area (Å²) in [6.45, 7) is 0. The molecule has 3 aromatic heterocycles. The molecule has 0 atom stereocenters. The van der Waals surface area contributed by atoms with Gasteiger partial charge in [0.15, 0.2) is 4.96 Å². The van der Waals surface area contributed by atoms with Crippen LogP contribution in [-0.4, -0.2) is 9.38 Å². The predicted molar refractivity (Wildman–Crippen MR) is 110 cm³/mol. The molecule has 0 unspecified atom stereocenters. The Labute approximate surface area is 166 Å². The highest BCUT2D eigenvalue weighted by Gasteiger charge is 2.13. The molecule has 5 aromatic rings. The molecule has 0 aliphatic carbocycles. The van der Waals surface area contributed by atoms with Gasteiger partial charge in [0.2, 0.25) is 0 Å². The zero-order chi connectivity index (χ0) is 18.5. The molecule has 7 heteroatoms. The monoisotopic (exact) mass is 412 g/mol. The molecular formula is C20H10Cl2N2O2S. The number of rotatable bonds is 2. The van der Waals surface area contributed by atoms with E-state index in [1.54, 1.807) is 40.8 Å². The molecule has 4 nitrogen and oxygen atoms in total. The molecule has 27 heavy (non-hydrogen) atoms. The normalized spacial score (nSPS) is 12.4. The third kappa shape index (κ3) is 2.67. The second-order valence-electron chi connectivity index (χ2n) is 5.93. The van der Waals surface area contributed by atoms with Crippen molar-refractivity contribution in [2.45, 2.75) is 0 Å².